The van der Waals surface area contributed by atoms with Crippen LogP contribution in [0.5, 0.6) is 0 Å². The Morgan fingerprint density at radius 3 is 2.61 bits per heavy atom. The first-order valence-electron chi connectivity index (χ1n) is 12.3. The zero-order chi connectivity index (χ0) is 26.2. The van der Waals surface area contributed by atoms with Crippen molar-refractivity contribution in [3.63, 3.8) is 0 Å². The molecule has 4 unspecified atom stereocenters. The Morgan fingerprint density at radius 1 is 1.19 bits per heavy atom. The number of nitrogens with zero attached hydrogens (tertiary/aromatic N) is 4. The average Bonchev–Trinajstić information content (AvgIpc) is 3.17. The zero-order valence-electron chi connectivity index (χ0n) is 21.0. The number of carbonyl (C=O) groups excluding carboxylic acids is 2. The molecule has 1 aromatic heterocycles. The lowest BCUT2D eigenvalue weighted by Gasteiger charge is -2.44. The molecule has 2 amide bonds. The lowest BCUT2D eigenvalue weighted by Crippen LogP contribution is -2.58. The van der Waals surface area contributed by atoms with Crippen LogP contribution in [0.3, 0.4) is 0 Å². The summed E-state index contributed by atoms with van der Waals surface area (Å²) in [5.74, 6) is -0.0659. The van der Waals surface area contributed by atoms with Gasteiger partial charge in [-0.3, -0.25) is 9.59 Å². The van der Waals surface area contributed by atoms with E-state index in [2.05, 4.69) is 46.4 Å². The van der Waals surface area contributed by atoms with E-state index in [1.807, 2.05) is 4.90 Å². The molecule has 36 heavy (non-hydrogen) atoms. The van der Waals surface area contributed by atoms with Crippen LogP contribution < -0.4 is 10.6 Å². The number of nitrogens with one attached hydrogen (secondary N) is 2. The van der Waals surface area contributed by atoms with Crippen LogP contribution in [-0.4, -0.2) is 75.4 Å². The monoisotopic (exact) mass is 506 g/mol. The molecule has 4 atom stereocenters. The van der Waals surface area contributed by atoms with Crippen molar-refractivity contribution in [2.45, 2.75) is 82.8 Å². The summed E-state index contributed by atoms with van der Waals surface area (Å²) in [6.07, 6.45) is -0.318. The lowest BCUT2D eigenvalue weighted by molar-refractivity contribution is -0.137. The lowest BCUT2D eigenvalue weighted by atomic mass is 9.84. The van der Waals surface area contributed by atoms with Crippen LogP contribution in [0.2, 0.25) is 0 Å². The molecular weight excluding hydrogens is 473 g/mol. The number of hydrogen-bond acceptors (Lipinski definition) is 6. The van der Waals surface area contributed by atoms with Gasteiger partial charge >= 0.3 is 6.18 Å². The van der Waals surface area contributed by atoms with E-state index >= 15 is 0 Å². The van der Waals surface area contributed by atoms with E-state index in [1.54, 1.807) is 0 Å². The fraction of sp³-hybridized carbons (Fsp3) is 0.600. The van der Waals surface area contributed by atoms with Crippen molar-refractivity contribution in [2.75, 3.05) is 18.9 Å². The highest BCUT2D eigenvalue weighted by Crippen LogP contribution is 2.34. The van der Waals surface area contributed by atoms with Gasteiger partial charge in [-0.05, 0) is 64.8 Å². The highest BCUT2D eigenvalue weighted by Gasteiger charge is 2.43. The van der Waals surface area contributed by atoms with Gasteiger partial charge < -0.3 is 20.4 Å². The molecule has 4 rings (SSSR count). The SMILES string of the molecule is CC(=O)NC1CC(N(C)C(C)C)CCC1N1CCC(Nc2ncnc3ccc(C(F)(F)F)cc23)C1=O. The number of rotatable bonds is 6. The van der Waals surface area contributed by atoms with Gasteiger partial charge in [0.2, 0.25) is 11.8 Å². The third-order valence-electron chi connectivity index (χ3n) is 7.48. The van der Waals surface area contributed by atoms with Crippen molar-refractivity contribution < 1.29 is 22.8 Å². The van der Waals surface area contributed by atoms with E-state index < -0.39 is 17.8 Å². The van der Waals surface area contributed by atoms with Crippen LogP contribution in [0.25, 0.3) is 10.9 Å². The molecular formula is C25H33F3N6O2. The standard InChI is InChI=1S/C25H33F3N6O2/c1-14(2)33(4)17-6-8-22(21(12-17)31-15(3)35)34-10-9-20(24(34)36)32-23-18-11-16(25(26,27)28)5-7-19(18)29-13-30-23/h5,7,11,13-14,17,20-22H,6,8-10,12H2,1-4H3,(H,31,35)(H,29,30,32). The maximum absolute atomic E-state index is 13.4. The number of alkyl halides is 3. The molecule has 8 nitrogen and oxygen atoms in total. The van der Waals surface area contributed by atoms with Crippen molar-refractivity contribution in [1.29, 1.82) is 0 Å². The molecule has 11 heteroatoms. The maximum atomic E-state index is 13.4. The molecule has 0 radical (unpaired) electrons. The fourth-order valence-corrected chi connectivity index (χ4v) is 5.39. The molecule has 0 bridgehead atoms. The third-order valence-corrected chi connectivity index (χ3v) is 7.48. The second kappa shape index (κ2) is 10.2. The largest absolute Gasteiger partial charge is 0.416 e. The number of halogens is 3. The van der Waals surface area contributed by atoms with E-state index in [9.17, 15) is 22.8 Å². The minimum Gasteiger partial charge on any atom is -0.358 e. The summed E-state index contributed by atoms with van der Waals surface area (Å²) in [5, 5.41) is 6.34. The van der Waals surface area contributed by atoms with Crippen molar-refractivity contribution in [1.82, 2.24) is 25.1 Å². The van der Waals surface area contributed by atoms with E-state index in [1.165, 1.54) is 19.3 Å². The smallest absolute Gasteiger partial charge is 0.358 e. The number of hydrogen-bond donors (Lipinski definition) is 2. The third kappa shape index (κ3) is 5.40. The summed E-state index contributed by atoms with van der Waals surface area (Å²) in [4.78, 5) is 37.7. The van der Waals surface area contributed by atoms with Gasteiger partial charge in [0, 0.05) is 30.9 Å². The van der Waals surface area contributed by atoms with Gasteiger partial charge in [-0.25, -0.2) is 9.97 Å². The predicted molar refractivity (Wildman–Crippen MR) is 130 cm³/mol. The van der Waals surface area contributed by atoms with Gasteiger partial charge in [0.05, 0.1) is 23.2 Å². The number of aromatic nitrogens is 2. The van der Waals surface area contributed by atoms with Crippen LogP contribution in [0.15, 0.2) is 24.5 Å². The maximum Gasteiger partial charge on any atom is 0.416 e. The van der Waals surface area contributed by atoms with Gasteiger partial charge in [0.15, 0.2) is 0 Å². The Hall–Kier alpha value is -2.95. The van der Waals surface area contributed by atoms with Gasteiger partial charge in [-0.15, -0.1) is 0 Å². The number of likely N-dealkylation sites (tertiary alicyclic amines) is 1. The molecule has 196 valence electrons. The number of anilines is 1. The summed E-state index contributed by atoms with van der Waals surface area (Å²) < 4.78 is 39.8. The van der Waals surface area contributed by atoms with Gasteiger partial charge in [-0.1, -0.05) is 0 Å². The first-order valence-corrected chi connectivity index (χ1v) is 12.3. The minimum atomic E-state index is -4.50. The molecule has 2 aromatic rings. The van der Waals surface area contributed by atoms with Gasteiger partial charge in [0.1, 0.15) is 18.2 Å². The van der Waals surface area contributed by atoms with Crippen molar-refractivity contribution in [3.05, 3.63) is 30.1 Å². The molecule has 1 aliphatic carbocycles. The normalized spacial score (nSPS) is 25.1. The molecule has 2 fully saturated rings. The summed E-state index contributed by atoms with van der Waals surface area (Å²) in [6.45, 7) is 6.25. The van der Waals surface area contributed by atoms with Gasteiger partial charge in [-0.2, -0.15) is 13.2 Å². The fourth-order valence-electron chi connectivity index (χ4n) is 5.39. The second-order valence-corrected chi connectivity index (χ2v) is 10.1. The number of carbonyl (C=O) groups is 2. The quantitative estimate of drug-likeness (QED) is 0.624. The first-order chi connectivity index (χ1) is 17.0. The van der Waals surface area contributed by atoms with E-state index in [4.69, 9.17) is 0 Å². The van der Waals surface area contributed by atoms with E-state index in [0.29, 0.717) is 30.6 Å². The summed E-state index contributed by atoms with van der Waals surface area (Å²) in [7, 11) is 2.08. The van der Waals surface area contributed by atoms with Crippen LogP contribution in [0, 0.1) is 0 Å². The summed E-state index contributed by atoms with van der Waals surface area (Å²) >= 11 is 0. The molecule has 0 spiro atoms. The minimum absolute atomic E-state index is 0.132. The number of amides is 2. The Labute approximate surface area is 208 Å². The molecule has 1 saturated heterocycles. The van der Waals surface area contributed by atoms with Crippen molar-refractivity contribution in [3.8, 4) is 0 Å². The van der Waals surface area contributed by atoms with Crippen molar-refractivity contribution in [2.24, 2.45) is 0 Å². The van der Waals surface area contributed by atoms with E-state index in [0.717, 1.165) is 31.4 Å². The van der Waals surface area contributed by atoms with Crippen LogP contribution in [0.1, 0.15) is 52.0 Å². The molecule has 1 saturated carbocycles. The van der Waals surface area contributed by atoms with Crippen LogP contribution in [0.4, 0.5) is 19.0 Å². The second-order valence-electron chi connectivity index (χ2n) is 10.1. The summed E-state index contributed by atoms with van der Waals surface area (Å²) in [5.41, 5.74) is -0.436. The Balaban J connectivity index is 1.52. The Morgan fingerprint density at radius 2 is 1.94 bits per heavy atom. The van der Waals surface area contributed by atoms with Crippen LogP contribution in [-0.2, 0) is 15.8 Å². The number of fused-ring (bicyclic) bond motifs is 1. The number of benzene rings is 1. The molecule has 2 heterocycles. The molecule has 1 aromatic carbocycles. The highest BCUT2D eigenvalue weighted by molar-refractivity contribution is 5.93. The molecule has 2 aliphatic rings. The first kappa shape index (κ1) is 26.1. The van der Waals surface area contributed by atoms with Gasteiger partial charge in [0.25, 0.3) is 0 Å². The average molecular weight is 507 g/mol. The van der Waals surface area contributed by atoms with Crippen molar-refractivity contribution >= 4 is 28.5 Å². The van der Waals surface area contributed by atoms with E-state index in [-0.39, 0.29) is 35.1 Å². The molecule has 2 N–H and O–H groups in total. The van der Waals surface area contributed by atoms with Crippen LogP contribution >= 0.6 is 0 Å². The summed E-state index contributed by atoms with van der Waals surface area (Å²) in [6, 6.07) is 3.05. The Bertz CT molecular complexity index is 1120. The topological polar surface area (TPSA) is 90.5 Å². The zero-order valence-corrected chi connectivity index (χ0v) is 21.0. The molecule has 1 aliphatic heterocycles. The predicted octanol–water partition coefficient (Wildman–Crippen LogP) is 3.43. The highest BCUT2D eigenvalue weighted by atomic mass is 19.4. The Kier molecular flexibility index (Phi) is 7.40.